The van der Waals surface area contributed by atoms with Crippen molar-refractivity contribution in [2.75, 3.05) is 39.0 Å². The molecule has 4 rings (SSSR count). The van der Waals surface area contributed by atoms with Gasteiger partial charge in [0, 0.05) is 61.7 Å². The maximum atomic E-state index is 13.3. The molecule has 0 aliphatic rings. The molecule has 0 spiro atoms. The normalized spacial score (nSPS) is 10.9. The van der Waals surface area contributed by atoms with E-state index in [2.05, 4.69) is 15.3 Å². The van der Waals surface area contributed by atoms with Crippen LogP contribution in [0.4, 0.5) is 17.5 Å². The second-order valence-corrected chi connectivity index (χ2v) is 7.18. The first kappa shape index (κ1) is 22.0. The molecule has 33 heavy (non-hydrogen) atoms. The first-order valence-corrected chi connectivity index (χ1v) is 10.1. The molecule has 0 aliphatic carbocycles. The van der Waals surface area contributed by atoms with E-state index in [1.54, 1.807) is 62.7 Å². The van der Waals surface area contributed by atoms with E-state index in [4.69, 9.17) is 24.9 Å². The molecule has 0 atom stereocenters. The number of nitrogens with zero attached hydrogens (tertiary/aromatic N) is 4. The second-order valence-electron chi connectivity index (χ2n) is 7.18. The van der Waals surface area contributed by atoms with Gasteiger partial charge in [-0.1, -0.05) is 0 Å². The Morgan fingerprint density at radius 3 is 2.36 bits per heavy atom. The Bertz CT molecular complexity index is 1320. The zero-order valence-electron chi connectivity index (χ0n) is 18.5. The van der Waals surface area contributed by atoms with E-state index in [1.807, 2.05) is 12.1 Å². The maximum Gasteiger partial charge on any atom is 0.262 e. The molecule has 10 nitrogen and oxygen atoms in total. The van der Waals surface area contributed by atoms with Gasteiger partial charge >= 0.3 is 0 Å². The molecule has 0 fully saturated rings. The lowest BCUT2D eigenvalue weighted by molar-refractivity contribution is 0.186. The SMILES string of the molecule is COCCn1ccc2cc(-c3cnc(N)nc3)nc(Nc3cc(OC)cc(OC)c3)c2c1=O. The van der Waals surface area contributed by atoms with Crippen molar-refractivity contribution in [2.45, 2.75) is 6.54 Å². The highest BCUT2D eigenvalue weighted by Crippen LogP contribution is 2.31. The Kier molecular flexibility index (Phi) is 6.36. The zero-order valence-corrected chi connectivity index (χ0v) is 18.5. The number of nitrogen functional groups attached to an aromatic ring is 1. The Morgan fingerprint density at radius 1 is 1.03 bits per heavy atom. The molecule has 3 aromatic heterocycles. The van der Waals surface area contributed by atoms with Gasteiger partial charge in [-0.05, 0) is 17.5 Å². The highest BCUT2D eigenvalue weighted by atomic mass is 16.5. The fraction of sp³-hybridized carbons (Fsp3) is 0.217. The molecule has 1 aromatic carbocycles. The number of hydrogen-bond acceptors (Lipinski definition) is 9. The fourth-order valence-corrected chi connectivity index (χ4v) is 3.39. The van der Waals surface area contributed by atoms with Crippen LogP contribution in [0.2, 0.25) is 0 Å². The Morgan fingerprint density at radius 2 is 1.73 bits per heavy atom. The van der Waals surface area contributed by atoms with Crippen LogP contribution in [-0.4, -0.2) is 47.5 Å². The first-order valence-electron chi connectivity index (χ1n) is 10.1. The Balaban J connectivity index is 1.90. The van der Waals surface area contributed by atoms with E-state index < -0.39 is 0 Å². The van der Waals surface area contributed by atoms with Crippen LogP contribution in [0.1, 0.15) is 0 Å². The lowest BCUT2D eigenvalue weighted by Crippen LogP contribution is -2.22. The average Bonchev–Trinajstić information content (AvgIpc) is 2.83. The van der Waals surface area contributed by atoms with Crippen LogP contribution in [0.3, 0.4) is 0 Å². The van der Waals surface area contributed by atoms with Crippen molar-refractivity contribution in [3.8, 4) is 22.8 Å². The summed E-state index contributed by atoms with van der Waals surface area (Å²) in [4.78, 5) is 26.2. The summed E-state index contributed by atoms with van der Waals surface area (Å²) in [6.07, 6.45) is 4.93. The van der Waals surface area contributed by atoms with Gasteiger partial charge in [0.2, 0.25) is 5.95 Å². The predicted molar refractivity (Wildman–Crippen MR) is 126 cm³/mol. The molecule has 0 unspecified atom stereocenters. The summed E-state index contributed by atoms with van der Waals surface area (Å²) >= 11 is 0. The number of benzene rings is 1. The minimum absolute atomic E-state index is 0.169. The highest BCUT2D eigenvalue weighted by Gasteiger charge is 2.15. The third-order valence-electron chi connectivity index (χ3n) is 5.08. The van der Waals surface area contributed by atoms with Gasteiger partial charge in [-0.25, -0.2) is 15.0 Å². The molecular weight excluding hydrogens is 424 g/mol. The summed E-state index contributed by atoms with van der Waals surface area (Å²) in [6.45, 7) is 0.834. The number of fused-ring (bicyclic) bond motifs is 1. The van der Waals surface area contributed by atoms with Gasteiger partial charge in [0.15, 0.2) is 0 Å². The standard InChI is InChI=1S/C23H24N6O4/c1-31-7-6-29-5-4-14-8-19(15-12-25-23(24)26-13-15)28-21(20(14)22(29)30)27-16-9-17(32-2)11-18(10-16)33-3/h4-5,8-13H,6-7H2,1-3H3,(H,27,28)(H2,24,25,26). The van der Waals surface area contributed by atoms with E-state index in [1.165, 1.54) is 0 Å². The molecule has 10 heteroatoms. The first-order chi connectivity index (χ1) is 16.0. The van der Waals surface area contributed by atoms with Crippen molar-refractivity contribution in [3.05, 3.63) is 59.3 Å². The Labute approximate surface area is 190 Å². The predicted octanol–water partition coefficient (Wildman–Crippen LogP) is 2.84. The fourth-order valence-electron chi connectivity index (χ4n) is 3.39. The Hall–Kier alpha value is -4.18. The average molecular weight is 448 g/mol. The number of nitrogens with two attached hydrogens (primary N) is 1. The molecule has 0 saturated heterocycles. The minimum atomic E-state index is -0.186. The van der Waals surface area contributed by atoms with Gasteiger partial charge in [0.05, 0.1) is 31.9 Å². The van der Waals surface area contributed by atoms with Crippen molar-refractivity contribution >= 4 is 28.2 Å². The molecule has 170 valence electrons. The van der Waals surface area contributed by atoms with Crippen molar-refractivity contribution < 1.29 is 14.2 Å². The molecule has 0 aliphatic heterocycles. The number of anilines is 3. The largest absolute Gasteiger partial charge is 0.497 e. The van der Waals surface area contributed by atoms with E-state index in [0.717, 1.165) is 0 Å². The summed E-state index contributed by atoms with van der Waals surface area (Å²) < 4.78 is 17.5. The van der Waals surface area contributed by atoms with Gasteiger partial charge in [-0.15, -0.1) is 0 Å². The topological polar surface area (TPSA) is 126 Å². The summed E-state index contributed by atoms with van der Waals surface area (Å²) in [6, 6.07) is 9.04. The quantitative estimate of drug-likeness (QED) is 0.418. The molecule has 0 saturated carbocycles. The summed E-state index contributed by atoms with van der Waals surface area (Å²) in [5.74, 6) is 1.75. The van der Waals surface area contributed by atoms with Crippen LogP contribution in [-0.2, 0) is 11.3 Å². The lowest BCUT2D eigenvalue weighted by atomic mass is 10.1. The number of rotatable bonds is 8. The molecule has 3 N–H and O–H groups in total. The number of aromatic nitrogens is 4. The smallest absolute Gasteiger partial charge is 0.262 e. The van der Waals surface area contributed by atoms with Gasteiger partial charge in [0.1, 0.15) is 17.3 Å². The summed E-state index contributed by atoms with van der Waals surface area (Å²) in [5, 5.41) is 4.42. The van der Waals surface area contributed by atoms with Crippen LogP contribution in [0.15, 0.2) is 53.7 Å². The van der Waals surface area contributed by atoms with Crippen molar-refractivity contribution in [1.82, 2.24) is 19.5 Å². The number of nitrogens with one attached hydrogen (secondary N) is 1. The van der Waals surface area contributed by atoms with Crippen molar-refractivity contribution in [2.24, 2.45) is 0 Å². The zero-order chi connectivity index (χ0) is 23.4. The molecule has 0 amide bonds. The van der Waals surface area contributed by atoms with Crippen LogP contribution < -0.4 is 26.1 Å². The molecule has 0 bridgehead atoms. The summed E-state index contributed by atoms with van der Waals surface area (Å²) in [5.41, 5.74) is 7.35. The van der Waals surface area contributed by atoms with Crippen molar-refractivity contribution in [3.63, 3.8) is 0 Å². The van der Waals surface area contributed by atoms with Crippen LogP contribution in [0.25, 0.3) is 22.0 Å². The van der Waals surface area contributed by atoms with Crippen LogP contribution >= 0.6 is 0 Å². The minimum Gasteiger partial charge on any atom is -0.497 e. The second kappa shape index (κ2) is 9.53. The molecule has 0 radical (unpaired) electrons. The van der Waals surface area contributed by atoms with Gasteiger partial charge in [0.25, 0.3) is 5.56 Å². The monoisotopic (exact) mass is 448 g/mol. The molecular formula is C23H24N6O4. The van der Waals surface area contributed by atoms with E-state index in [-0.39, 0.29) is 11.5 Å². The van der Waals surface area contributed by atoms with Crippen molar-refractivity contribution in [1.29, 1.82) is 0 Å². The third kappa shape index (κ3) is 4.70. The lowest BCUT2D eigenvalue weighted by Gasteiger charge is -2.14. The van der Waals surface area contributed by atoms with E-state index >= 15 is 0 Å². The third-order valence-corrected chi connectivity index (χ3v) is 5.08. The van der Waals surface area contributed by atoms with Gasteiger partial charge < -0.3 is 29.8 Å². The summed E-state index contributed by atoms with van der Waals surface area (Å²) in [7, 11) is 4.74. The van der Waals surface area contributed by atoms with Crippen LogP contribution in [0.5, 0.6) is 11.5 Å². The number of ether oxygens (including phenoxy) is 3. The van der Waals surface area contributed by atoms with Gasteiger partial charge in [-0.3, -0.25) is 4.79 Å². The molecule has 4 aromatic rings. The highest BCUT2D eigenvalue weighted by molar-refractivity contribution is 5.95. The number of pyridine rings is 2. The van der Waals surface area contributed by atoms with E-state index in [9.17, 15) is 4.79 Å². The van der Waals surface area contributed by atoms with E-state index in [0.29, 0.717) is 58.2 Å². The number of hydrogen-bond donors (Lipinski definition) is 2. The number of methoxy groups -OCH3 is 3. The van der Waals surface area contributed by atoms with Gasteiger partial charge in [-0.2, -0.15) is 0 Å². The molecule has 3 heterocycles. The maximum absolute atomic E-state index is 13.3. The van der Waals surface area contributed by atoms with Crippen LogP contribution in [0, 0.1) is 0 Å².